The van der Waals surface area contributed by atoms with Crippen LogP contribution in [0.15, 0.2) is 29.2 Å². The van der Waals surface area contributed by atoms with Gasteiger partial charge in [0.1, 0.15) is 0 Å². The Morgan fingerprint density at radius 2 is 1.90 bits per heavy atom. The summed E-state index contributed by atoms with van der Waals surface area (Å²) in [5.74, 6) is -0.160. The highest BCUT2D eigenvalue weighted by Gasteiger charge is 2.20. The van der Waals surface area contributed by atoms with E-state index in [2.05, 4.69) is 10.6 Å². The van der Waals surface area contributed by atoms with E-state index >= 15 is 0 Å². The topological polar surface area (TPSA) is 75.3 Å². The molecular weight excluding hydrogens is 312 g/mol. The van der Waals surface area contributed by atoms with E-state index in [-0.39, 0.29) is 29.3 Å². The Bertz CT molecular complexity index is 579. The van der Waals surface area contributed by atoms with Gasteiger partial charge in [0.05, 0.1) is 10.1 Å². The van der Waals surface area contributed by atoms with Crippen LogP contribution in [-0.2, 0) is 9.84 Å². The number of hydrogen-bond donors (Lipinski definition) is 2. The van der Waals surface area contributed by atoms with Gasteiger partial charge in [-0.25, -0.2) is 8.42 Å². The summed E-state index contributed by atoms with van der Waals surface area (Å²) in [5.41, 5.74) is 0.486. The Balaban J connectivity index is 0.00000220. The first-order valence-corrected chi connectivity index (χ1v) is 8.31. The third-order valence-corrected chi connectivity index (χ3v) is 5.63. The highest BCUT2D eigenvalue weighted by Crippen LogP contribution is 2.16. The maximum Gasteiger partial charge on any atom is 0.251 e. The minimum atomic E-state index is -3.28. The molecule has 0 aliphatic carbocycles. The molecule has 1 aliphatic heterocycles. The first-order chi connectivity index (χ1) is 9.41. The first-order valence-electron chi connectivity index (χ1n) is 6.77. The standard InChI is InChI=1S/C14H20N2O3S.ClH/c1-10(2)20(18,19)13-5-3-11(4-6-13)14(17)16-12-7-8-15-9-12;/h3-6,10,12,15H,7-9H2,1-2H3,(H,16,17);1H. The number of halogens is 1. The summed E-state index contributed by atoms with van der Waals surface area (Å²) >= 11 is 0. The average Bonchev–Trinajstić information content (AvgIpc) is 2.91. The van der Waals surface area contributed by atoms with Crippen molar-refractivity contribution in [2.45, 2.75) is 36.5 Å². The van der Waals surface area contributed by atoms with Crippen LogP contribution >= 0.6 is 12.4 Å². The van der Waals surface area contributed by atoms with Gasteiger partial charge in [-0.1, -0.05) is 0 Å². The van der Waals surface area contributed by atoms with Crippen LogP contribution in [0.4, 0.5) is 0 Å². The van der Waals surface area contributed by atoms with E-state index < -0.39 is 15.1 Å². The Morgan fingerprint density at radius 1 is 1.29 bits per heavy atom. The number of benzene rings is 1. The largest absolute Gasteiger partial charge is 0.348 e. The zero-order valence-corrected chi connectivity index (χ0v) is 13.8. The summed E-state index contributed by atoms with van der Waals surface area (Å²) in [6.45, 7) is 4.98. The maximum absolute atomic E-state index is 12.0. The Kier molecular flexibility index (Phi) is 6.19. The molecule has 0 bridgehead atoms. The minimum absolute atomic E-state index is 0. The van der Waals surface area contributed by atoms with Gasteiger partial charge in [-0.2, -0.15) is 0 Å². The summed E-state index contributed by atoms with van der Waals surface area (Å²) in [6.07, 6.45) is 0.922. The van der Waals surface area contributed by atoms with Gasteiger partial charge in [0, 0.05) is 18.2 Å². The number of rotatable bonds is 4. The zero-order chi connectivity index (χ0) is 14.8. The molecular formula is C14H21ClN2O3S. The second kappa shape index (κ2) is 7.24. The molecule has 1 fully saturated rings. The molecule has 1 saturated heterocycles. The first kappa shape index (κ1) is 17.9. The lowest BCUT2D eigenvalue weighted by molar-refractivity contribution is 0.0940. The van der Waals surface area contributed by atoms with Crippen LogP contribution in [0.3, 0.4) is 0 Å². The van der Waals surface area contributed by atoms with E-state index in [0.29, 0.717) is 5.56 Å². The van der Waals surface area contributed by atoms with Crippen molar-refractivity contribution in [2.24, 2.45) is 0 Å². The van der Waals surface area contributed by atoms with E-state index in [9.17, 15) is 13.2 Å². The zero-order valence-electron chi connectivity index (χ0n) is 12.1. The normalized spacial score (nSPS) is 18.3. The van der Waals surface area contributed by atoms with Gasteiger partial charge in [-0.3, -0.25) is 4.79 Å². The molecule has 0 radical (unpaired) electrons. The van der Waals surface area contributed by atoms with Crippen LogP contribution in [0.5, 0.6) is 0 Å². The van der Waals surface area contributed by atoms with E-state index in [1.54, 1.807) is 26.0 Å². The fourth-order valence-corrected chi connectivity index (χ4v) is 3.17. The SMILES string of the molecule is CC(C)S(=O)(=O)c1ccc(C(=O)NC2CCNC2)cc1.Cl. The summed E-state index contributed by atoms with van der Waals surface area (Å²) < 4.78 is 24.0. The summed E-state index contributed by atoms with van der Waals surface area (Å²) in [4.78, 5) is 12.3. The van der Waals surface area contributed by atoms with Gasteiger partial charge in [0.15, 0.2) is 9.84 Å². The lowest BCUT2D eigenvalue weighted by Crippen LogP contribution is -2.36. The van der Waals surface area contributed by atoms with Gasteiger partial charge in [-0.15, -0.1) is 12.4 Å². The fourth-order valence-electron chi connectivity index (χ4n) is 2.11. The second-order valence-corrected chi connectivity index (χ2v) is 7.79. The molecule has 1 aromatic rings. The van der Waals surface area contributed by atoms with Crippen LogP contribution < -0.4 is 10.6 Å². The van der Waals surface area contributed by atoms with E-state index in [4.69, 9.17) is 0 Å². The number of carbonyl (C=O) groups excluding carboxylic acids is 1. The number of sulfone groups is 1. The molecule has 1 atom stereocenters. The van der Waals surface area contributed by atoms with Crippen LogP contribution in [0, 0.1) is 0 Å². The molecule has 7 heteroatoms. The van der Waals surface area contributed by atoms with E-state index in [1.165, 1.54) is 12.1 Å². The minimum Gasteiger partial charge on any atom is -0.348 e. The van der Waals surface area contributed by atoms with Crippen LogP contribution in [-0.4, -0.2) is 38.7 Å². The molecule has 5 nitrogen and oxygen atoms in total. The Labute approximate surface area is 131 Å². The van der Waals surface area contributed by atoms with Crippen molar-refractivity contribution in [3.63, 3.8) is 0 Å². The van der Waals surface area contributed by atoms with Crippen molar-refractivity contribution in [2.75, 3.05) is 13.1 Å². The van der Waals surface area contributed by atoms with Crippen molar-refractivity contribution in [3.8, 4) is 0 Å². The van der Waals surface area contributed by atoms with Crippen molar-refractivity contribution < 1.29 is 13.2 Å². The molecule has 1 heterocycles. The van der Waals surface area contributed by atoms with Crippen LogP contribution in [0.25, 0.3) is 0 Å². The number of carbonyl (C=O) groups is 1. The van der Waals surface area contributed by atoms with E-state index in [1.807, 2.05) is 0 Å². The lowest BCUT2D eigenvalue weighted by atomic mass is 10.2. The molecule has 21 heavy (non-hydrogen) atoms. The fraction of sp³-hybridized carbons (Fsp3) is 0.500. The molecule has 1 aliphatic rings. The molecule has 2 N–H and O–H groups in total. The molecule has 118 valence electrons. The molecule has 0 spiro atoms. The molecule has 1 aromatic carbocycles. The molecule has 0 saturated carbocycles. The van der Waals surface area contributed by atoms with Gasteiger partial charge in [0.2, 0.25) is 0 Å². The molecule has 2 rings (SSSR count). The molecule has 0 aromatic heterocycles. The van der Waals surface area contributed by atoms with Gasteiger partial charge in [-0.05, 0) is 51.1 Å². The van der Waals surface area contributed by atoms with Gasteiger partial charge >= 0.3 is 0 Å². The predicted molar refractivity (Wildman–Crippen MR) is 84.8 cm³/mol. The lowest BCUT2D eigenvalue weighted by Gasteiger charge is -2.12. The predicted octanol–water partition coefficient (Wildman–Crippen LogP) is 1.38. The highest BCUT2D eigenvalue weighted by molar-refractivity contribution is 7.92. The number of nitrogens with one attached hydrogen (secondary N) is 2. The molecule has 1 unspecified atom stereocenters. The monoisotopic (exact) mass is 332 g/mol. The van der Waals surface area contributed by atoms with Crippen LogP contribution in [0.1, 0.15) is 30.6 Å². The number of hydrogen-bond acceptors (Lipinski definition) is 4. The number of amides is 1. The van der Waals surface area contributed by atoms with E-state index in [0.717, 1.165) is 19.5 Å². The Hall–Kier alpha value is -1.11. The average molecular weight is 333 g/mol. The highest BCUT2D eigenvalue weighted by atomic mass is 35.5. The third-order valence-electron chi connectivity index (χ3n) is 3.46. The van der Waals surface area contributed by atoms with Gasteiger partial charge in [0.25, 0.3) is 5.91 Å². The van der Waals surface area contributed by atoms with Gasteiger partial charge < -0.3 is 10.6 Å². The smallest absolute Gasteiger partial charge is 0.251 e. The van der Waals surface area contributed by atoms with Crippen molar-refractivity contribution in [3.05, 3.63) is 29.8 Å². The quantitative estimate of drug-likeness (QED) is 0.873. The summed E-state index contributed by atoms with van der Waals surface area (Å²) in [6, 6.07) is 6.27. The maximum atomic E-state index is 12.0. The van der Waals surface area contributed by atoms with Crippen molar-refractivity contribution in [1.82, 2.24) is 10.6 Å². The summed E-state index contributed by atoms with van der Waals surface area (Å²) in [7, 11) is -3.28. The second-order valence-electron chi connectivity index (χ2n) is 5.28. The summed E-state index contributed by atoms with van der Waals surface area (Å²) in [5, 5.41) is 5.64. The van der Waals surface area contributed by atoms with Crippen LogP contribution in [0.2, 0.25) is 0 Å². The third kappa shape index (κ3) is 4.18. The Morgan fingerprint density at radius 3 is 2.38 bits per heavy atom. The van der Waals surface area contributed by atoms with Crippen molar-refractivity contribution in [1.29, 1.82) is 0 Å². The molecule has 1 amide bonds. The van der Waals surface area contributed by atoms with Crippen molar-refractivity contribution >= 4 is 28.2 Å².